The van der Waals surface area contributed by atoms with E-state index in [9.17, 15) is 0 Å². The Labute approximate surface area is 114 Å². The van der Waals surface area contributed by atoms with Gasteiger partial charge in [0.15, 0.2) is 0 Å². The number of nitrogens with zero attached hydrogens (tertiary/aromatic N) is 1. The van der Waals surface area contributed by atoms with Gasteiger partial charge >= 0.3 is 0 Å². The number of likely N-dealkylation sites (tertiary alicyclic amines) is 1. The van der Waals surface area contributed by atoms with Gasteiger partial charge in [0.25, 0.3) is 0 Å². The van der Waals surface area contributed by atoms with Crippen molar-refractivity contribution in [2.75, 3.05) is 26.2 Å². The van der Waals surface area contributed by atoms with Crippen LogP contribution < -0.4 is 5.32 Å². The van der Waals surface area contributed by atoms with Gasteiger partial charge in [-0.3, -0.25) is 0 Å². The minimum absolute atomic E-state index is 0.892. The average molecular weight is 252 g/mol. The molecule has 0 aromatic carbocycles. The molecule has 2 atom stereocenters. The summed E-state index contributed by atoms with van der Waals surface area (Å²) in [7, 11) is 0. The third-order valence-corrected chi connectivity index (χ3v) is 5.00. The topological polar surface area (TPSA) is 15.3 Å². The predicted molar refractivity (Wildman–Crippen MR) is 78.8 cm³/mol. The van der Waals surface area contributed by atoms with Crippen LogP contribution in [-0.4, -0.2) is 37.1 Å². The van der Waals surface area contributed by atoms with Gasteiger partial charge in [0, 0.05) is 6.04 Å². The number of hydrogen-bond acceptors (Lipinski definition) is 2. The maximum atomic E-state index is 3.51. The van der Waals surface area contributed by atoms with Crippen molar-refractivity contribution in [3.05, 3.63) is 0 Å². The highest BCUT2D eigenvalue weighted by Gasteiger charge is 2.30. The van der Waals surface area contributed by atoms with E-state index in [-0.39, 0.29) is 0 Å². The molecular weight excluding hydrogens is 220 g/mol. The first kappa shape index (κ1) is 14.3. The molecule has 1 heterocycles. The molecule has 1 aliphatic heterocycles. The van der Waals surface area contributed by atoms with E-state index in [1.165, 1.54) is 51.7 Å². The molecule has 1 saturated heterocycles. The summed E-state index contributed by atoms with van der Waals surface area (Å²) < 4.78 is 0. The van der Waals surface area contributed by atoms with E-state index in [0.29, 0.717) is 0 Å². The molecule has 0 spiro atoms. The summed E-state index contributed by atoms with van der Waals surface area (Å²) >= 11 is 0. The summed E-state index contributed by atoms with van der Waals surface area (Å²) in [6.45, 7) is 12.2. The van der Waals surface area contributed by atoms with Crippen LogP contribution in [-0.2, 0) is 0 Å². The smallest absolute Gasteiger partial charge is 0.0100 e. The van der Waals surface area contributed by atoms with Gasteiger partial charge in [-0.05, 0) is 76.0 Å². The van der Waals surface area contributed by atoms with Crippen LogP contribution in [0.1, 0.15) is 52.9 Å². The van der Waals surface area contributed by atoms with Gasteiger partial charge in [-0.1, -0.05) is 20.8 Å². The monoisotopic (exact) mass is 252 g/mol. The molecule has 2 nitrogen and oxygen atoms in total. The predicted octanol–water partition coefficient (Wildman–Crippen LogP) is 3.13. The van der Waals surface area contributed by atoms with Crippen molar-refractivity contribution in [1.29, 1.82) is 0 Å². The zero-order valence-electron chi connectivity index (χ0n) is 12.6. The zero-order valence-corrected chi connectivity index (χ0v) is 12.6. The van der Waals surface area contributed by atoms with Crippen molar-refractivity contribution in [1.82, 2.24) is 10.2 Å². The normalized spacial score (nSPS) is 35.8. The molecule has 106 valence electrons. The fourth-order valence-corrected chi connectivity index (χ4v) is 4.07. The largest absolute Gasteiger partial charge is 0.317 e. The number of piperidine rings is 1. The molecule has 2 fully saturated rings. The molecule has 2 unspecified atom stereocenters. The lowest BCUT2D eigenvalue weighted by molar-refractivity contribution is 0.0755. The second-order valence-corrected chi connectivity index (χ2v) is 6.86. The second kappa shape index (κ2) is 6.91. The summed E-state index contributed by atoms with van der Waals surface area (Å²) in [5, 5.41) is 3.51. The Kier molecular flexibility index (Phi) is 5.50. The molecule has 1 N–H and O–H groups in total. The van der Waals surface area contributed by atoms with E-state index >= 15 is 0 Å². The highest BCUT2D eigenvalue weighted by molar-refractivity contribution is 4.85. The van der Waals surface area contributed by atoms with Crippen LogP contribution >= 0.6 is 0 Å². The van der Waals surface area contributed by atoms with Gasteiger partial charge in [0.2, 0.25) is 0 Å². The fraction of sp³-hybridized carbons (Fsp3) is 1.00. The molecule has 18 heavy (non-hydrogen) atoms. The SMILES string of the molecule is CCNCC1CCN(C2CC(C)CC(C)C2)CC1. The van der Waals surface area contributed by atoms with Crippen molar-refractivity contribution >= 4 is 0 Å². The maximum Gasteiger partial charge on any atom is 0.0100 e. The molecule has 1 saturated carbocycles. The van der Waals surface area contributed by atoms with Crippen molar-refractivity contribution in [2.24, 2.45) is 17.8 Å². The summed E-state index contributed by atoms with van der Waals surface area (Å²) in [6, 6.07) is 0.892. The van der Waals surface area contributed by atoms with Crippen LogP contribution in [0.2, 0.25) is 0 Å². The molecule has 2 rings (SSSR count). The zero-order chi connectivity index (χ0) is 13.0. The van der Waals surface area contributed by atoms with Gasteiger partial charge in [-0.25, -0.2) is 0 Å². The first-order chi connectivity index (χ1) is 8.69. The van der Waals surface area contributed by atoms with Crippen LogP contribution in [0.4, 0.5) is 0 Å². The molecule has 2 aliphatic rings. The lowest BCUT2D eigenvalue weighted by atomic mass is 9.79. The standard InChI is InChI=1S/C16H32N2/c1-4-17-12-15-5-7-18(8-6-15)16-10-13(2)9-14(3)11-16/h13-17H,4-12H2,1-3H3. The fourth-order valence-electron chi connectivity index (χ4n) is 4.07. The van der Waals surface area contributed by atoms with Crippen LogP contribution in [0.25, 0.3) is 0 Å². The molecule has 2 heteroatoms. The molecule has 1 aliphatic carbocycles. The van der Waals surface area contributed by atoms with Crippen LogP contribution in [0.5, 0.6) is 0 Å². The van der Waals surface area contributed by atoms with E-state index in [4.69, 9.17) is 0 Å². The van der Waals surface area contributed by atoms with E-state index in [1.807, 2.05) is 0 Å². The first-order valence-corrected chi connectivity index (χ1v) is 8.13. The van der Waals surface area contributed by atoms with Crippen LogP contribution in [0.3, 0.4) is 0 Å². The van der Waals surface area contributed by atoms with Gasteiger partial charge in [-0.2, -0.15) is 0 Å². The quantitative estimate of drug-likeness (QED) is 0.827. The lowest BCUT2D eigenvalue weighted by Crippen LogP contribution is -2.45. The Morgan fingerprint density at radius 2 is 1.61 bits per heavy atom. The summed E-state index contributed by atoms with van der Waals surface area (Å²) in [6.07, 6.45) is 7.16. The van der Waals surface area contributed by atoms with Crippen molar-refractivity contribution in [3.63, 3.8) is 0 Å². The van der Waals surface area contributed by atoms with Gasteiger partial charge < -0.3 is 10.2 Å². The molecule has 0 radical (unpaired) electrons. The number of rotatable bonds is 4. The molecule has 0 amide bonds. The summed E-state index contributed by atoms with van der Waals surface area (Å²) in [4.78, 5) is 2.80. The molecular formula is C16H32N2. The van der Waals surface area contributed by atoms with Crippen molar-refractivity contribution in [3.8, 4) is 0 Å². The average Bonchev–Trinajstić information content (AvgIpc) is 2.36. The first-order valence-electron chi connectivity index (χ1n) is 8.13. The van der Waals surface area contributed by atoms with Crippen LogP contribution in [0, 0.1) is 17.8 Å². The Morgan fingerprint density at radius 3 is 2.17 bits per heavy atom. The van der Waals surface area contributed by atoms with Crippen LogP contribution in [0.15, 0.2) is 0 Å². The maximum absolute atomic E-state index is 3.51. The van der Waals surface area contributed by atoms with E-state index in [1.54, 1.807) is 0 Å². The Balaban J connectivity index is 1.75. The molecule has 0 aromatic rings. The third-order valence-electron chi connectivity index (χ3n) is 5.00. The van der Waals surface area contributed by atoms with Gasteiger partial charge in [0.05, 0.1) is 0 Å². The number of nitrogens with one attached hydrogen (secondary N) is 1. The summed E-state index contributed by atoms with van der Waals surface area (Å²) in [5.41, 5.74) is 0. The highest BCUT2D eigenvalue weighted by atomic mass is 15.2. The molecule has 0 bridgehead atoms. The van der Waals surface area contributed by atoms with Crippen molar-refractivity contribution < 1.29 is 0 Å². The van der Waals surface area contributed by atoms with E-state index in [0.717, 1.165) is 30.3 Å². The second-order valence-electron chi connectivity index (χ2n) is 6.86. The third kappa shape index (κ3) is 3.96. The minimum atomic E-state index is 0.892. The number of hydrogen-bond donors (Lipinski definition) is 1. The summed E-state index contributed by atoms with van der Waals surface area (Å²) in [5.74, 6) is 2.82. The highest BCUT2D eigenvalue weighted by Crippen LogP contribution is 2.33. The minimum Gasteiger partial charge on any atom is -0.317 e. The van der Waals surface area contributed by atoms with E-state index < -0.39 is 0 Å². The Morgan fingerprint density at radius 1 is 1.00 bits per heavy atom. The van der Waals surface area contributed by atoms with Gasteiger partial charge in [0.1, 0.15) is 0 Å². The molecule has 0 aromatic heterocycles. The lowest BCUT2D eigenvalue weighted by Gasteiger charge is -2.42. The Bertz CT molecular complexity index is 223. The van der Waals surface area contributed by atoms with Gasteiger partial charge in [-0.15, -0.1) is 0 Å². The Hall–Kier alpha value is -0.0800. The van der Waals surface area contributed by atoms with Crippen molar-refractivity contribution in [2.45, 2.75) is 58.9 Å². The van der Waals surface area contributed by atoms with E-state index in [2.05, 4.69) is 31.0 Å².